The lowest BCUT2D eigenvalue weighted by Crippen LogP contribution is -2.52. The highest BCUT2D eigenvalue weighted by Crippen LogP contribution is 2.29. The monoisotopic (exact) mass is 409 g/mol. The Morgan fingerprint density at radius 2 is 2.00 bits per heavy atom. The number of guanidine groups is 1. The Balaban J connectivity index is 1.25. The summed E-state index contributed by atoms with van der Waals surface area (Å²) >= 11 is 0. The Morgan fingerprint density at radius 3 is 2.67 bits per heavy atom. The quantitative estimate of drug-likeness (QED) is 0.561. The van der Waals surface area contributed by atoms with E-state index in [9.17, 15) is 0 Å². The van der Waals surface area contributed by atoms with Gasteiger partial charge in [0.1, 0.15) is 5.75 Å². The standard InChI is InChI=1S/C23H31N5O2/c1-24-23(26-16-19-8-9-22(25-15-19)30-17-18-6-7-18)28-12-10-27(11-13-28)20-4-3-5-21(14-20)29-2/h3-5,8-9,14-15,18H,6-7,10-13,16-17H2,1-2H3,(H,24,26). The Morgan fingerprint density at radius 1 is 1.17 bits per heavy atom. The number of methoxy groups -OCH3 is 1. The van der Waals surface area contributed by atoms with Crippen LogP contribution in [0.15, 0.2) is 47.6 Å². The van der Waals surface area contributed by atoms with Crippen LogP contribution in [0.3, 0.4) is 0 Å². The minimum Gasteiger partial charge on any atom is -0.497 e. The fourth-order valence-corrected chi connectivity index (χ4v) is 3.59. The van der Waals surface area contributed by atoms with Crippen LogP contribution < -0.4 is 19.7 Å². The molecule has 0 amide bonds. The molecule has 2 fully saturated rings. The van der Waals surface area contributed by atoms with Crippen LogP contribution in [0.4, 0.5) is 5.69 Å². The third-order valence-corrected chi connectivity index (χ3v) is 5.62. The third-order valence-electron chi connectivity index (χ3n) is 5.62. The van der Waals surface area contributed by atoms with Gasteiger partial charge in [-0.25, -0.2) is 4.98 Å². The van der Waals surface area contributed by atoms with Gasteiger partial charge in [-0.05, 0) is 36.5 Å². The summed E-state index contributed by atoms with van der Waals surface area (Å²) in [5, 5.41) is 3.46. The number of nitrogens with zero attached hydrogens (tertiary/aromatic N) is 4. The molecule has 1 saturated heterocycles. The summed E-state index contributed by atoms with van der Waals surface area (Å²) in [7, 11) is 3.54. The lowest BCUT2D eigenvalue weighted by Gasteiger charge is -2.37. The van der Waals surface area contributed by atoms with E-state index in [4.69, 9.17) is 9.47 Å². The molecule has 0 bridgehead atoms. The fourth-order valence-electron chi connectivity index (χ4n) is 3.59. The first kappa shape index (κ1) is 20.3. The second kappa shape index (κ2) is 9.69. The highest BCUT2D eigenvalue weighted by molar-refractivity contribution is 5.80. The molecule has 30 heavy (non-hydrogen) atoms. The van der Waals surface area contributed by atoms with E-state index in [1.807, 2.05) is 31.4 Å². The lowest BCUT2D eigenvalue weighted by molar-refractivity contribution is 0.288. The second-order valence-corrected chi connectivity index (χ2v) is 7.84. The van der Waals surface area contributed by atoms with Gasteiger partial charge in [0.25, 0.3) is 0 Å². The highest BCUT2D eigenvalue weighted by atomic mass is 16.5. The Hall–Kier alpha value is -2.96. The number of hydrogen-bond donors (Lipinski definition) is 1. The van der Waals surface area contributed by atoms with Crippen molar-refractivity contribution in [2.24, 2.45) is 10.9 Å². The van der Waals surface area contributed by atoms with Gasteiger partial charge < -0.3 is 24.6 Å². The summed E-state index contributed by atoms with van der Waals surface area (Å²) < 4.78 is 11.1. The van der Waals surface area contributed by atoms with E-state index in [2.05, 4.69) is 43.3 Å². The molecule has 1 aliphatic carbocycles. The number of benzene rings is 1. The van der Waals surface area contributed by atoms with Crippen molar-refractivity contribution < 1.29 is 9.47 Å². The lowest BCUT2D eigenvalue weighted by atomic mass is 10.2. The average molecular weight is 410 g/mol. The average Bonchev–Trinajstić information content (AvgIpc) is 3.64. The number of piperazine rings is 1. The Labute approximate surface area is 178 Å². The molecule has 2 aliphatic rings. The highest BCUT2D eigenvalue weighted by Gasteiger charge is 2.22. The van der Waals surface area contributed by atoms with Gasteiger partial charge in [-0.3, -0.25) is 4.99 Å². The molecule has 1 aromatic heterocycles. The maximum Gasteiger partial charge on any atom is 0.213 e. The van der Waals surface area contributed by atoms with Gasteiger partial charge in [0, 0.05) is 63.8 Å². The molecular weight excluding hydrogens is 378 g/mol. The molecule has 1 N–H and O–H groups in total. The molecule has 4 rings (SSSR count). The van der Waals surface area contributed by atoms with Crippen LogP contribution in [-0.2, 0) is 6.54 Å². The van der Waals surface area contributed by atoms with Gasteiger partial charge in [0.15, 0.2) is 5.96 Å². The summed E-state index contributed by atoms with van der Waals surface area (Å²) in [6.07, 6.45) is 4.45. The molecular formula is C23H31N5O2. The van der Waals surface area contributed by atoms with E-state index in [0.717, 1.165) is 56.0 Å². The predicted octanol–water partition coefficient (Wildman–Crippen LogP) is 2.78. The fraction of sp³-hybridized carbons (Fsp3) is 0.478. The van der Waals surface area contributed by atoms with Gasteiger partial charge in [-0.15, -0.1) is 0 Å². The van der Waals surface area contributed by atoms with Crippen LogP contribution in [0.1, 0.15) is 18.4 Å². The van der Waals surface area contributed by atoms with E-state index in [0.29, 0.717) is 12.4 Å². The maximum absolute atomic E-state index is 5.71. The minimum absolute atomic E-state index is 0.693. The number of hydrogen-bond acceptors (Lipinski definition) is 5. The zero-order chi connectivity index (χ0) is 20.8. The molecule has 0 atom stereocenters. The number of ether oxygens (including phenoxy) is 2. The molecule has 0 radical (unpaired) electrons. The predicted molar refractivity (Wildman–Crippen MR) is 119 cm³/mol. The largest absolute Gasteiger partial charge is 0.497 e. The smallest absolute Gasteiger partial charge is 0.213 e. The van der Waals surface area contributed by atoms with Gasteiger partial charge in [0.05, 0.1) is 13.7 Å². The van der Waals surface area contributed by atoms with Gasteiger partial charge in [-0.1, -0.05) is 12.1 Å². The van der Waals surface area contributed by atoms with Crippen molar-refractivity contribution in [2.75, 3.05) is 51.8 Å². The van der Waals surface area contributed by atoms with Crippen molar-refractivity contribution in [1.29, 1.82) is 0 Å². The summed E-state index contributed by atoms with van der Waals surface area (Å²) in [4.78, 5) is 13.6. The summed E-state index contributed by atoms with van der Waals surface area (Å²) in [6.45, 7) is 5.22. The van der Waals surface area contributed by atoms with Crippen LogP contribution in [0.25, 0.3) is 0 Å². The summed E-state index contributed by atoms with van der Waals surface area (Å²) in [5.74, 6) is 3.27. The zero-order valence-electron chi connectivity index (χ0n) is 17.9. The van der Waals surface area contributed by atoms with Gasteiger partial charge in [0.2, 0.25) is 5.88 Å². The molecule has 7 nitrogen and oxygen atoms in total. The van der Waals surface area contributed by atoms with E-state index < -0.39 is 0 Å². The summed E-state index contributed by atoms with van der Waals surface area (Å²) in [5.41, 5.74) is 2.32. The number of aromatic nitrogens is 1. The van der Waals surface area contributed by atoms with Crippen LogP contribution in [0, 0.1) is 5.92 Å². The maximum atomic E-state index is 5.71. The summed E-state index contributed by atoms with van der Waals surface area (Å²) in [6, 6.07) is 12.3. The zero-order valence-corrected chi connectivity index (χ0v) is 17.9. The van der Waals surface area contributed by atoms with E-state index >= 15 is 0 Å². The van der Waals surface area contributed by atoms with Crippen molar-refractivity contribution in [3.05, 3.63) is 48.2 Å². The second-order valence-electron chi connectivity index (χ2n) is 7.84. The van der Waals surface area contributed by atoms with Gasteiger partial charge in [-0.2, -0.15) is 0 Å². The molecule has 2 aromatic rings. The van der Waals surface area contributed by atoms with E-state index in [1.54, 1.807) is 7.11 Å². The van der Waals surface area contributed by atoms with Crippen LogP contribution >= 0.6 is 0 Å². The van der Waals surface area contributed by atoms with Crippen molar-refractivity contribution in [1.82, 2.24) is 15.2 Å². The molecule has 1 aromatic carbocycles. The van der Waals surface area contributed by atoms with Crippen LogP contribution in [-0.4, -0.2) is 62.8 Å². The van der Waals surface area contributed by atoms with Crippen LogP contribution in [0.5, 0.6) is 11.6 Å². The molecule has 0 spiro atoms. The first-order valence-electron chi connectivity index (χ1n) is 10.7. The van der Waals surface area contributed by atoms with Crippen molar-refractivity contribution >= 4 is 11.6 Å². The van der Waals surface area contributed by atoms with Crippen molar-refractivity contribution in [2.45, 2.75) is 19.4 Å². The third kappa shape index (κ3) is 5.34. The van der Waals surface area contributed by atoms with E-state index in [-0.39, 0.29) is 0 Å². The number of rotatable bonds is 7. The molecule has 1 aliphatic heterocycles. The van der Waals surface area contributed by atoms with Crippen molar-refractivity contribution in [3.63, 3.8) is 0 Å². The Bertz CT molecular complexity index is 843. The number of anilines is 1. The molecule has 2 heterocycles. The van der Waals surface area contributed by atoms with Crippen molar-refractivity contribution in [3.8, 4) is 11.6 Å². The number of pyridine rings is 1. The molecule has 1 saturated carbocycles. The number of aliphatic imine (C=N–C) groups is 1. The normalized spacial score (nSPS) is 17.1. The first-order valence-corrected chi connectivity index (χ1v) is 10.7. The number of nitrogens with one attached hydrogen (secondary N) is 1. The molecule has 7 heteroatoms. The minimum atomic E-state index is 0.693. The van der Waals surface area contributed by atoms with E-state index in [1.165, 1.54) is 18.5 Å². The first-order chi connectivity index (χ1) is 14.7. The SMILES string of the molecule is CN=C(NCc1ccc(OCC2CC2)nc1)N1CCN(c2cccc(OC)c2)CC1. The topological polar surface area (TPSA) is 62.2 Å². The van der Waals surface area contributed by atoms with Gasteiger partial charge >= 0.3 is 0 Å². The van der Waals surface area contributed by atoms with Crippen LogP contribution in [0.2, 0.25) is 0 Å². The molecule has 0 unspecified atom stereocenters. The molecule has 160 valence electrons. The Kier molecular flexibility index (Phi) is 6.57.